The minimum atomic E-state index is -1.79. The van der Waals surface area contributed by atoms with Gasteiger partial charge < -0.3 is 9.84 Å². The number of alkyl halides is 1. The summed E-state index contributed by atoms with van der Waals surface area (Å²) in [5, 5.41) is 11.1. The number of hydrogen-bond acceptors (Lipinski definition) is 5. The van der Waals surface area contributed by atoms with Crippen molar-refractivity contribution in [1.29, 1.82) is 0 Å². The summed E-state index contributed by atoms with van der Waals surface area (Å²) in [6.07, 6.45) is 8.10. The number of aliphatic hydroxyl groups is 1. The molecule has 4 nitrogen and oxygen atoms in total. The van der Waals surface area contributed by atoms with Gasteiger partial charge in [-0.25, -0.2) is 4.39 Å². The van der Waals surface area contributed by atoms with Crippen molar-refractivity contribution in [3.8, 4) is 0 Å². The molecule has 4 aliphatic carbocycles. The number of aliphatic hydroxyl groups excluding tert-OH is 1. The van der Waals surface area contributed by atoms with Crippen molar-refractivity contribution in [1.82, 2.24) is 0 Å². The summed E-state index contributed by atoms with van der Waals surface area (Å²) in [4.78, 5) is 24.0. The third-order valence-corrected chi connectivity index (χ3v) is 8.81. The topological polar surface area (TPSA) is 63.6 Å². The molecule has 0 amide bonds. The first-order valence-corrected chi connectivity index (χ1v) is 10.9. The summed E-state index contributed by atoms with van der Waals surface area (Å²) in [6, 6.07) is 0. The van der Waals surface area contributed by atoms with Crippen LogP contribution in [-0.4, -0.2) is 34.6 Å². The van der Waals surface area contributed by atoms with Crippen LogP contribution < -0.4 is 0 Å². The first-order valence-electron chi connectivity index (χ1n) is 9.91. The largest absolute Gasteiger partial charge is 0.454 e. The van der Waals surface area contributed by atoms with Gasteiger partial charge in [-0.05, 0) is 55.6 Å². The van der Waals surface area contributed by atoms with E-state index in [4.69, 9.17) is 4.74 Å². The molecule has 0 aromatic heterocycles. The Bertz CT molecular complexity index is 817. The number of carbonyl (C=O) groups excluding carboxylic acids is 2. The molecule has 2 fully saturated rings. The average Bonchev–Trinajstić information content (AvgIpc) is 2.93. The summed E-state index contributed by atoms with van der Waals surface area (Å²) in [7, 11) is 0. The second-order valence-electron chi connectivity index (χ2n) is 8.97. The van der Waals surface area contributed by atoms with Crippen LogP contribution in [0.3, 0.4) is 0 Å². The molecule has 4 rings (SSSR count). The number of fused-ring (bicyclic) bond motifs is 5. The van der Waals surface area contributed by atoms with Gasteiger partial charge in [-0.3, -0.25) is 9.59 Å². The number of thioether (sulfide) groups is 1. The maximum absolute atomic E-state index is 16.8. The highest BCUT2D eigenvalue weighted by Gasteiger charge is 2.69. The van der Waals surface area contributed by atoms with E-state index in [1.54, 1.807) is 12.2 Å². The van der Waals surface area contributed by atoms with Gasteiger partial charge in [-0.1, -0.05) is 36.4 Å². The molecule has 0 unspecified atom stereocenters. The highest BCUT2D eigenvalue weighted by atomic mass is 32.2. The molecule has 6 heteroatoms. The average molecular weight is 407 g/mol. The number of allylic oxidation sites excluding steroid dienone is 6. The number of hydrogen-bond donors (Lipinski definition) is 1. The summed E-state index contributed by atoms with van der Waals surface area (Å²) >= 11 is 1.47. The lowest BCUT2D eigenvalue weighted by atomic mass is 9.46. The predicted molar refractivity (Wildman–Crippen MR) is 106 cm³/mol. The van der Waals surface area contributed by atoms with Gasteiger partial charge in [0.1, 0.15) is 5.94 Å². The molecule has 1 N–H and O–H groups in total. The Morgan fingerprint density at radius 2 is 2.14 bits per heavy atom. The monoisotopic (exact) mass is 406 g/mol. The normalized spacial score (nSPS) is 44.2. The van der Waals surface area contributed by atoms with Crippen molar-refractivity contribution in [3.63, 3.8) is 0 Å². The minimum absolute atomic E-state index is 0.0881. The molecule has 4 aliphatic rings. The third-order valence-electron chi connectivity index (χ3n) is 7.63. The van der Waals surface area contributed by atoms with Gasteiger partial charge in [-0.15, -0.1) is 0 Å². The standard InChI is InChI=1S/C22H27FO4S/c1-13(24)27-12-28-19-7-6-16-17-5-4-14-10-15(25)8-9-21(14,3)22(17,23)18(26)11-20(16,19)2/h7-10,16-18,26H,4-6,11-12H2,1-3H3/t16-,17-,18-,20-,21-,22-/m0/s1. The van der Waals surface area contributed by atoms with E-state index in [0.717, 1.165) is 16.9 Å². The molecule has 0 heterocycles. The van der Waals surface area contributed by atoms with Crippen molar-refractivity contribution in [3.05, 3.63) is 34.8 Å². The molecule has 0 aromatic carbocycles. The second-order valence-corrected chi connectivity index (χ2v) is 9.93. The van der Waals surface area contributed by atoms with Gasteiger partial charge in [0, 0.05) is 23.7 Å². The Morgan fingerprint density at radius 1 is 1.39 bits per heavy atom. The molecule has 152 valence electrons. The molecule has 0 spiro atoms. The number of carbonyl (C=O) groups is 2. The van der Waals surface area contributed by atoms with E-state index in [1.165, 1.54) is 24.8 Å². The van der Waals surface area contributed by atoms with Crippen LogP contribution in [0.5, 0.6) is 0 Å². The molecule has 0 radical (unpaired) electrons. The lowest BCUT2D eigenvalue weighted by molar-refractivity contribution is -0.184. The van der Waals surface area contributed by atoms with Crippen LogP contribution in [0.1, 0.15) is 46.5 Å². The third kappa shape index (κ3) is 2.60. The number of rotatable bonds is 3. The highest BCUT2D eigenvalue weighted by molar-refractivity contribution is 8.03. The van der Waals surface area contributed by atoms with Gasteiger partial charge in [0.15, 0.2) is 11.5 Å². The van der Waals surface area contributed by atoms with E-state index in [1.807, 2.05) is 6.92 Å². The molecule has 0 aromatic rings. The summed E-state index contributed by atoms with van der Waals surface area (Å²) in [5.74, 6) is -0.385. The molecule has 0 saturated heterocycles. The van der Waals surface area contributed by atoms with Crippen LogP contribution in [0.2, 0.25) is 0 Å². The molecule has 0 bridgehead atoms. The molecule has 28 heavy (non-hydrogen) atoms. The number of esters is 1. The Hall–Kier alpha value is -1.40. The number of ether oxygens (including phenoxy) is 1. The first-order chi connectivity index (χ1) is 13.1. The van der Waals surface area contributed by atoms with Crippen LogP contribution in [0.4, 0.5) is 4.39 Å². The van der Waals surface area contributed by atoms with Crippen molar-refractivity contribution in [2.24, 2.45) is 22.7 Å². The van der Waals surface area contributed by atoms with Gasteiger partial charge >= 0.3 is 5.97 Å². The van der Waals surface area contributed by atoms with Gasteiger partial charge in [-0.2, -0.15) is 0 Å². The van der Waals surface area contributed by atoms with Crippen LogP contribution in [-0.2, 0) is 14.3 Å². The van der Waals surface area contributed by atoms with Crippen LogP contribution in [0, 0.1) is 22.7 Å². The van der Waals surface area contributed by atoms with Crippen molar-refractivity contribution < 1.29 is 23.8 Å². The fourth-order valence-corrected chi connectivity index (χ4v) is 7.28. The van der Waals surface area contributed by atoms with E-state index in [9.17, 15) is 14.7 Å². The number of halogens is 1. The zero-order valence-corrected chi connectivity index (χ0v) is 17.4. The van der Waals surface area contributed by atoms with E-state index in [-0.39, 0.29) is 34.9 Å². The predicted octanol–water partition coefficient (Wildman–Crippen LogP) is 4.10. The minimum Gasteiger partial charge on any atom is -0.454 e. The van der Waals surface area contributed by atoms with Crippen molar-refractivity contribution >= 4 is 23.5 Å². The smallest absolute Gasteiger partial charge is 0.303 e. The summed E-state index contributed by atoms with van der Waals surface area (Å²) < 4.78 is 21.9. The fourth-order valence-electron chi connectivity index (χ4n) is 6.14. The molecule has 2 saturated carbocycles. The Balaban J connectivity index is 1.65. The van der Waals surface area contributed by atoms with Gasteiger partial charge in [0.05, 0.1) is 6.10 Å². The van der Waals surface area contributed by atoms with Crippen LogP contribution in [0.25, 0.3) is 0 Å². The highest BCUT2D eigenvalue weighted by Crippen LogP contribution is 2.68. The lowest BCUT2D eigenvalue weighted by Gasteiger charge is -2.61. The van der Waals surface area contributed by atoms with E-state index < -0.39 is 17.2 Å². The summed E-state index contributed by atoms with van der Waals surface area (Å²) in [5.41, 5.74) is -2.26. The van der Waals surface area contributed by atoms with Crippen molar-refractivity contribution in [2.75, 3.05) is 5.94 Å². The van der Waals surface area contributed by atoms with E-state index in [0.29, 0.717) is 19.3 Å². The second kappa shape index (κ2) is 6.56. The van der Waals surface area contributed by atoms with Crippen LogP contribution in [0.15, 0.2) is 34.8 Å². The Kier molecular flexibility index (Phi) is 4.66. The first kappa shape index (κ1) is 19.9. The van der Waals surface area contributed by atoms with Crippen LogP contribution >= 0.6 is 11.8 Å². The van der Waals surface area contributed by atoms with Gasteiger partial charge in [0.2, 0.25) is 0 Å². The SMILES string of the molecule is CC(=O)OCSC1=CC[C@H]2[C@@H]3CCC4=CC(=O)C=C[C@]4(C)[C@@]3(F)[C@@H](O)C[C@]12C. The van der Waals surface area contributed by atoms with Crippen molar-refractivity contribution in [2.45, 2.75) is 58.2 Å². The summed E-state index contributed by atoms with van der Waals surface area (Å²) in [6.45, 7) is 5.32. The quantitative estimate of drug-likeness (QED) is 0.565. The molecular weight excluding hydrogens is 379 g/mol. The van der Waals surface area contributed by atoms with Gasteiger partial charge in [0.25, 0.3) is 0 Å². The Morgan fingerprint density at radius 3 is 2.86 bits per heavy atom. The lowest BCUT2D eigenvalue weighted by Crippen LogP contribution is -2.66. The van der Waals surface area contributed by atoms with E-state index >= 15 is 4.39 Å². The zero-order chi connectivity index (χ0) is 20.3. The maximum Gasteiger partial charge on any atom is 0.303 e. The molecule has 0 aliphatic heterocycles. The maximum atomic E-state index is 16.8. The Labute approximate surface area is 169 Å². The zero-order valence-electron chi connectivity index (χ0n) is 16.5. The molecule has 6 atom stereocenters. The number of ketones is 1. The van der Waals surface area contributed by atoms with E-state index in [2.05, 4.69) is 13.0 Å². The molecular formula is C22H27FO4S. The fraction of sp³-hybridized carbons (Fsp3) is 0.636.